The van der Waals surface area contributed by atoms with Gasteiger partial charge in [-0.1, -0.05) is 22.9 Å². The van der Waals surface area contributed by atoms with Gasteiger partial charge in [-0.05, 0) is 32.6 Å². The molecule has 0 aromatic carbocycles. The number of rotatable bonds is 1. The molecule has 0 amide bonds. The summed E-state index contributed by atoms with van der Waals surface area (Å²) >= 11 is 7.45. The van der Waals surface area contributed by atoms with Crippen molar-refractivity contribution in [2.75, 3.05) is 0 Å². The quantitative estimate of drug-likeness (QED) is 0.697. The fraction of sp³-hybridized carbons (Fsp3) is 0.615. The Labute approximate surface area is 128 Å². The summed E-state index contributed by atoms with van der Waals surface area (Å²) in [6, 6.07) is 0. The van der Waals surface area contributed by atoms with E-state index in [1.54, 1.807) is 6.92 Å². The van der Waals surface area contributed by atoms with Crippen LogP contribution in [0.2, 0.25) is 5.15 Å². The smallest absolute Gasteiger partial charge is 0.236 e. The topological polar surface area (TPSA) is 38.7 Å². The number of hydrogen-bond acceptors (Lipinski definition) is 4. The average Bonchev–Trinajstić information content (AvgIpc) is 2.82. The van der Waals surface area contributed by atoms with Crippen molar-refractivity contribution in [2.45, 2.75) is 44.7 Å². The van der Waals surface area contributed by atoms with Crippen molar-refractivity contribution in [3.05, 3.63) is 16.0 Å². The Morgan fingerprint density at radius 3 is 2.38 bits per heavy atom. The fourth-order valence-electron chi connectivity index (χ4n) is 2.75. The highest BCUT2D eigenvalue weighted by Crippen LogP contribution is 2.44. The molecular weight excluding hydrogens is 323 g/mol. The maximum absolute atomic E-state index is 12.7. The first-order valence-electron chi connectivity index (χ1n) is 6.72. The van der Waals surface area contributed by atoms with Crippen LogP contribution in [0.5, 0.6) is 0 Å². The van der Waals surface area contributed by atoms with Gasteiger partial charge in [0.15, 0.2) is 5.15 Å². The molecule has 0 atom stereocenters. The standard InChI is InChI=1S/C13H13ClF3N3S/c1-6-18-10(14)9-12(19-6)21-11(20-9)7-2-4-8(5-3-7)13(15,16)17/h7-8H,2-5H2,1H3/t7-,8-. The molecule has 21 heavy (non-hydrogen) atoms. The lowest BCUT2D eigenvalue weighted by Gasteiger charge is -2.28. The molecule has 0 aliphatic heterocycles. The van der Waals surface area contributed by atoms with Crippen LogP contribution < -0.4 is 0 Å². The molecule has 2 heterocycles. The number of aryl methyl sites for hydroxylation is 1. The van der Waals surface area contributed by atoms with E-state index in [4.69, 9.17) is 11.6 Å². The minimum absolute atomic E-state index is 0.0687. The molecule has 3 rings (SSSR count). The Kier molecular flexibility index (Phi) is 3.81. The molecule has 1 aliphatic rings. The number of nitrogens with zero attached hydrogens (tertiary/aromatic N) is 3. The summed E-state index contributed by atoms with van der Waals surface area (Å²) in [6.45, 7) is 1.75. The third kappa shape index (κ3) is 2.99. The molecule has 0 bridgehead atoms. The Balaban J connectivity index is 1.81. The van der Waals surface area contributed by atoms with Crippen LogP contribution >= 0.6 is 22.9 Å². The molecule has 0 N–H and O–H groups in total. The van der Waals surface area contributed by atoms with E-state index in [0.29, 0.717) is 34.2 Å². The van der Waals surface area contributed by atoms with Crippen LogP contribution in [-0.4, -0.2) is 21.1 Å². The molecule has 0 unspecified atom stereocenters. The first-order valence-corrected chi connectivity index (χ1v) is 7.91. The number of aromatic nitrogens is 3. The lowest BCUT2D eigenvalue weighted by atomic mass is 9.82. The number of alkyl halides is 3. The highest BCUT2D eigenvalue weighted by atomic mass is 35.5. The van der Waals surface area contributed by atoms with Crippen LogP contribution in [0.15, 0.2) is 0 Å². The van der Waals surface area contributed by atoms with Crippen molar-refractivity contribution >= 4 is 33.3 Å². The average molecular weight is 336 g/mol. The zero-order chi connectivity index (χ0) is 15.2. The van der Waals surface area contributed by atoms with E-state index in [1.807, 2.05) is 0 Å². The summed E-state index contributed by atoms with van der Waals surface area (Å²) in [4.78, 5) is 13.5. The molecule has 8 heteroatoms. The monoisotopic (exact) mass is 335 g/mol. The van der Waals surface area contributed by atoms with Gasteiger partial charge in [-0.15, -0.1) is 0 Å². The Morgan fingerprint density at radius 2 is 1.76 bits per heavy atom. The molecule has 0 spiro atoms. The second-order valence-corrected chi connectivity index (χ2v) is 6.72. The van der Waals surface area contributed by atoms with Crippen molar-refractivity contribution in [3.63, 3.8) is 0 Å². The third-order valence-corrected chi connectivity index (χ3v) is 5.26. The maximum atomic E-state index is 12.7. The number of hydrogen-bond donors (Lipinski definition) is 0. The molecule has 2 aromatic heterocycles. The van der Waals surface area contributed by atoms with Gasteiger partial charge in [0.1, 0.15) is 16.2 Å². The second-order valence-electron chi connectivity index (χ2n) is 5.36. The third-order valence-electron chi connectivity index (χ3n) is 3.88. The van der Waals surface area contributed by atoms with Gasteiger partial charge in [-0.25, -0.2) is 15.0 Å². The van der Waals surface area contributed by atoms with Gasteiger partial charge < -0.3 is 0 Å². The fourth-order valence-corrected chi connectivity index (χ4v) is 4.21. The summed E-state index contributed by atoms with van der Waals surface area (Å²) in [7, 11) is 0. The lowest BCUT2D eigenvalue weighted by Crippen LogP contribution is -2.27. The number of thiazole rings is 1. The largest absolute Gasteiger partial charge is 0.391 e. The van der Waals surface area contributed by atoms with Crippen molar-refractivity contribution in [1.82, 2.24) is 15.0 Å². The minimum atomic E-state index is -4.08. The van der Waals surface area contributed by atoms with Crippen LogP contribution in [0, 0.1) is 12.8 Å². The van der Waals surface area contributed by atoms with Crippen molar-refractivity contribution in [1.29, 1.82) is 0 Å². The van der Waals surface area contributed by atoms with Crippen molar-refractivity contribution < 1.29 is 13.2 Å². The van der Waals surface area contributed by atoms with Gasteiger partial charge in [0.2, 0.25) is 0 Å². The zero-order valence-corrected chi connectivity index (χ0v) is 12.8. The van der Waals surface area contributed by atoms with Gasteiger partial charge in [0.25, 0.3) is 0 Å². The van der Waals surface area contributed by atoms with E-state index in [9.17, 15) is 13.2 Å². The molecule has 1 fully saturated rings. The highest BCUT2D eigenvalue weighted by Gasteiger charge is 2.42. The van der Waals surface area contributed by atoms with Crippen LogP contribution in [0.4, 0.5) is 13.2 Å². The van der Waals surface area contributed by atoms with Gasteiger partial charge in [-0.3, -0.25) is 0 Å². The van der Waals surface area contributed by atoms with Gasteiger partial charge >= 0.3 is 6.18 Å². The number of halogens is 4. The van der Waals surface area contributed by atoms with Crippen LogP contribution in [0.25, 0.3) is 10.3 Å². The summed E-state index contributed by atoms with van der Waals surface area (Å²) < 4.78 is 38.1. The van der Waals surface area contributed by atoms with Gasteiger partial charge in [-0.2, -0.15) is 13.2 Å². The summed E-state index contributed by atoms with van der Waals surface area (Å²) in [5, 5.41) is 1.14. The Hall–Kier alpha value is -0.950. The van der Waals surface area contributed by atoms with E-state index in [0.717, 1.165) is 5.01 Å². The number of fused-ring (bicyclic) bond motifs is 1. The van der Waals surface area contributed by atoms with Gasteiger partial charge in [0, 0.05) is 5.92 Å². The molecule has 0 radical (unpaired) electrons. The Morgan fingerprint density at radius 1 is 1.10 bits per heavy atom. The first-order chi connectivity index (χ1) is 9.84. The zero-order valence-electron chi connectivity index (χ0n) is 11.2. The van der Waals surface area contributed by atoms with E-state index >= 15 is 0 Å². The molecular formula is C13H13ClF3N3S. The SMILES string of the molecule is Cc1nc(Cl)c2nc([C@H]3CC[C@H](C(F)(F)F)CC3)sc2n1. The molecule has 2 aromatic rings. The minimum Gasteiger partial charge on any atom is -0.236 e. The van der Waals surface area contributed by atoms with Crippen molar-refractivity contribution in [3.8, 4) is 0 Å². The summed E-state index contributed by atoms with van der Waals surface area (Å²) in [5.41, 5.74) is 0.556. The first kappa shape index (κ1) is 15.0. The summed E-state index contributed by atoms with van der Waals surface area (Å²) in [6.07, 6.45) is -2.72. The summed E-state index contributed by atoms with van der Waals surface area (Å²) in [5.74, 6) is -0.531. The van der Waals surface area contributed by atoms with E-state index in [1.165, 1.54) is 11.3 Å². The van der Waals surface area contributed by atoms with Crippen LogP contribution in [0.3, 0.4) is 0 Å². The molecule has 1 aliphatic carbocycles. The van der Waals surface area contributed by atoms with E-state index < -0.39 is 12.1 Å². The normalized spacial score (nSPS) is 23.7. The van der Waals surface area contributed by atoms with E-state index in [-0.39, 0.29) is 18.8 Å². The van der Waals surface area contributed by atoms with E-state index in [2.05, 4.69) is 15.0 Å². The molecule has 0 saturated heterocycles. The molecule has 1 saturated carbocycles. The second kappa shape index (κ2) is 5.35. The molecule has 3 nitrogen and oxygen atoms in total. The van der Waals surface area contributed by atoms with Crippen LogP contribution in [0.1, 0.15) is 42.4 Å². The van der Waals surface area contributed by atoms with Gasteiger partial charge in [0.05, 0.1) is 10.9 Å². The molecule has 114 valence electrons. The predicted octanol–water partition coefficient (Wildman–Crippen LogP) is 4.88. The Bertz CT molecular complexity index is 662. The van der Waals surface area contributed by atoms with Crippen LogP contribution in [-0.2, 0) is 0 Å². The predicted molar refractivity (Wildman–Crippen MR) is 75.7 cm³/mol. The maximum Gasteiger partial charge on any atom is 0.391 e. The highest BCUT2D eigenvalue weighted by molar-refractivity contribution is 7.18. The van der Waals surface area contributed by atoms with Crippen molar-refractivity contribution in [2.24, 2.45) is 5.92 Å². The lowest BCUT2D eigenvalue weighted by molar-refractivity contribution is -0.182.